The van der Waals surface area contributed by atoms with Crippen molar-refractivity contribution in [1.82, 2.24) is 0 Å². The molecule has 0 unspecified atom stereocenters. The van der Waals surface area contributed by atoms with E-state index >= 15 is 0 Å². The van der Waals surface area contributed by atoms with Crippen LogP contribution < -0.4 is 0 Å². The Hall–Kier alpha value is -0.760. The van der Waals surface area contributed by atoms with Crippen molar-refractivity contribution in [3.8, 4) is 0 Å². The molecule has 0 bridgehead atoms. The van der Waals surface area contributed by atoms with Crippen molar-refractivity contribution in [2.24, 2.45) is 0 Å². The number of aliphatic hydroxyl groups is 1. The average molecular weight is 112 g/mol. The van der Waals surface area contributed by atoms with Gasteiger partial charge in [-0.2, -0.15) is 0 Å². The molecule has 1 heterocycles. The van der Waals surface area contributed by atoms with Gasteiger partial charge in [-0.1, -0.05) is 6.08 Å². The second kappa shape index (κ2) is 2.52. The lowest BCUT2D eigenvalue weighted by Crippen LogP contribution is -1.99. The van der Waals surface area contributed by atoms with E-state index in [2.05, 4.69) is 0 Å². The summed E-state index contributed by atoms with van der Waals surface area (Å²) < 4.78 is 4.95. The van der Waals surface area contributed by atoms with Crippen LogP contribution in [0.5, 0.6) is 0 Å². The van der Waals surface area contributed by atoms with Gasteiger partial charge in [0.2, 0.25) is 0 Å². The molecule has 8 heavy (non-hydrogen) atoms. The minimum atomic E-state index is 0.00431. The molecule has 0 aliphatic carbocycles. The molecule has 1 aliphatic rings. The molecule has 0 fully saturated rings. The van der Waals surface area contributed by atoms with Gasteiger partial charge in [-0.15, -0.1) is 0 Å². The number of aliphatic hydroxyl groups excluding tert-OH is 1. The van der Waals surface area contributed by atoms with Crippen molar-refractivity contribution in [3.63, 3.8) is 0 Å². The molecule has 0 spiro atoms. The van der Waals surface area contributed by atoms with Gasteiger partial charge in [-0.25, -0.2) is 0 Å². The molecule has 1 N–H and O–H groups in total. The minimum absolute atomic E-state index is 0.00431. The van der Waals surface area contributed by atoms with Gasteiger partial charge in [0.25, 0.3) is 0 Å². The Morgan fingerprint density at radius 3 is 3.00 bits per heavy atom. The number of ether oxygens (including phenoxy) is 1. The zero-order chi connectivity index (χ0) is 5.82. The number of rotatable bonds is 1. The van der Waals surface area contributed by atoms with E-state index in [9.17, 15) is 0 Å². The van der Waals surface area contributed by atoms with Crippen LogP contribution in [-0.2, 0) is 4.74 Å². The summed E-state index contributed by atoms with van der Waals surface area (Å²) in [6.07, 6.45) is 5.51. The lowest BCUT2D eigenvalue weighted by molar-refractivity contribution is 0.180. The molecule has 2 nitrogen and oxygen atoms in total. The third kappa shape index (κ3) is 1.10. The summed E-state index contributed by atoms with van der Waals surface area (Å²) in [5.74, 6) is 0.646. The number of allylic oxidation sites excluding steroid dienone is 2. The highest BCUT2D eigenvalue weighted by Crippen LogP contribution is 2.00. The highest BCUT2D eigenvalue weighted by Gasteiger charge is 1.94. The third-order valence-corrected chi connectivity index (χ3v) is 0.939. The second-order valence-electron chi connectivity index (χ2n) is 1.53. The Morgan fingerprint density at radius 1 is 1.75 bits per heavy atom. The summed E-state index contributed by atoms with van der Waals surface area (Å²) in [4.78, 5) is 0. The van der Waals surface area contributed by atoms with Gasteiger partial charge in [0.15, 0.2) is 0 Å². The van der Waals surface area contributed by atoms with Crippen LogP contribution in [0.15, 0.2) is 24.0 Å². The lowest BCUT2D eigenvalue weighted by atomic mass is 10.4. The van der Waals surface area contributed by atoms with E-state index in [0.29, 0.717) is 12.4 Å². The lowest BCUT2D eigenvalue weighted by Gasteiger charge is -2.06. The van der Waals surface area contributed by atoms with E-state index in [-0.39, 0.29) is 6.61 Å². The molecule has 0 saturated carbocycles. The molecular weight excluding hydrogens is 104 g/mol. The molecule has 0 radical (unpaired) electrons. The Bertz CT molecular complexity index is 124. The summed E-state index contributed by atoms with van der Waals surface area (Å²) in [6.45, 7) is 0.594. The first-order valence-corrected chi connectivity index (χ1v) is 2.53. The quantitative estimate of drug-likeness (QED) is 0.533. The predicted octanol–water partition coefficient (Wildman–Crippen LogP) is 0.449. The van der Waals surface area contributed by atoms with Gasteiger partial charge in [0.1, 0.15) is 19.0 Å². The molecule has 1 aliphatic heterocycles. The van der Waals surface area contributed by atoms with E-state index in [1.807, 2.05) is 12.2 Å². The van der Waals surface area contributed by atoms with Gasteiger partial charge >= 0.3 is 0 Å². The molecule has 0 aromatic rings. The first-order valence-electron chi connectivity index (χ1n) is 2.53. The Morgan fingerprint density at radius 2 is 2.62 bits per heavy atom. The zero-order valence-corrected chi connectivity index (χ0v) is 4.50. The van der Waals surface area contributed by atoms with Crippen molar-refractivity contribution in [2.75, 3.05) is 13.2 Å². The Labute approximate surface area is 48.1 Å². The Kier molecular flexibility index (Phi) is 1.70. The van der Waals surface area contributed by atoms with E-state index in [1.165, 1.54) is 0 Å². The van der Waals surface area contributed by atoms with Crippen LogP contribution in [0.1, 0.15) is 0 Å². The molecule has 1 rings (SSSR count). The summed E-state index contributed by atoms with van der Waals surface area (Å²) in [5.41, 5.74) is 0. The van der Waals surface area contributed by atoms with Crippen LogP contribution >= 0.6 is 0 Å². The Balaban J connectivity index is 2.50. The molecule has 0 amide bonds. The minimum Gasteiger partial charge on any atom is -0.491 e. The summed E-state index contributed by atoms with van der Waals surface area (Å²) in [6, 6.07) is 0. The van der Waals surface area contributed by atoms with Crippen LogP contribution in [0.4, 0.5) is 0 Å². The van der Waals surface area contributed by atoms with Crippen molar-refractivity contribution in [2.45, 2.75) is 0 Å². The van der Waals surface area contributed by atoms with Gasteiger partial charge in [-0.3, -0.25) is 0 Å². The smallest absolute Gasteiger partial charge is 0.122 e. The van der Waals surface area contributed by atoms with E-state index < -0.39 is 0 Å². The fourth-order valence-electron chi connectivity index (χ4n) is 0.533. The first-order chi connectivity index (χ1) is 3.93. The van der Waals surface area contributed by atoms with E-state index in [0.717, 1.165) is 0 Å². The largest absolute Gasteiger partial charge is 0.491 e. The van der Waals surface area contributed by atoms with Crippen LogP contribution in [0, 0.1) is 0 Å². The molecule has 44 valence electrons. The molecular formula is C6H8O2. The predicted molar refractivity (Wildman–Crippen MR) is 30.3 cm³/mol. The monoisotopic (exact) mass is 112 g/mol. The number of hydrogen-bond donors (Lipinski definition) is 1. The highest BCUT2D eigenvalue weighted by molar-refractivity contribution is 5.11. The van der Waals surface area contributed by atoms with Crippen molar-refractivity contribution in [1.29, 1.82) is 0 Å². The van der Waals surface area contributed by atoms with Crippen molar-refractivity contribution in [3.05, 3.63) is 24.0 Å². The maximum absolute atomic E-state index is 8.46. The average Bonchev–Trinajstić information content (AvgIpc) is 1.90. The van der Waals surface area contributed by atoms with Gasteiger partial charge in [0.05, 0.1) is 0 Å². The van der Waals surface area contributed by atoms with Crippen LogP contribution in [0.3, 0.4) is 0 Å². The molecule has 0 saturated heterocycles. The van der Waals surface area contributed by atoms with Crippen LogP contribution in [-0.4, -0.2) is 18.3 Å². The fourth-order valence-corrected chi connectivity index (χ4v) is 0.533. The summed E-state index contributed by atoms with van der Waals surface area (Å²) in [5, 5.41) is 8.46. The van der Waals surface area contributed by atoms with Crippen molar-refractivity contribution >= 4 is 0 Å². The van der Waals surface area contributed by atoms with Crippen molar-refractivity contribution < 1.29 is 9.84 Å². The van der Waals surface area contributed by atoms with E-state index in [1.54, 1.807) is 6.08 Å². The normalized spacial score (nSPS) is 17.4. The van der Waals surface area contributed by atoms with Gasteiger partial charge < -0.3 is 9.84 Å². The maximum atomic E-state index is 8.46. The second-order valence-corrected chi connectivity index (χ2v) is 1.53. The standard InChI is InChI=1S/C6H8O2/c7-5-6-3-1-2-4-8-6/h1-3,7H,4-5H2. The van der Waals surface area contributed by atoms with Crippen LogP contribution in [0.25, 0.3) is 0 Å². The van der Waals surface area contributed by atoms with Gasteiger partial charge in [0, 0.05) is 0 Å². The summed E-state index contributed by atoms with van der Waals surface area (Å²) >= 11 is 0. The number of hydrogen-bond acceptors (Lipinski definition) is 2. The maximum Gasteiger partial charge on any atom is 0.122 e. The molecule has 0 aromatic carbocycles. The zero-order valence-electron chi connectivity index (χ0n) is 4.50. The molecule has 0 aromatic heterocycles. The SMILES string of the molecule is OCC1=CC=CCO1. The highest BCUT2D eigenvalue weighted by atomic mass is 16.5. The first kappa shape index (κ1) is 5.38. The van der Waals surface area contributed by atoms with E-state index in [4.69, 9.17) is 9.84 Å². The molecule has 0 atom stereocenters. The fraction of sp³-hybridized carbons (Fsp3) is 0.333. The third-order valence-electron chi connectivity index (χ3n) is 0.939. The molecule has 2 heteroatoms. The van der Waals surface area contributed by atoms with Crippen LogP contribution in [0.2, 0.25) is 0 Å². The summed E-state index contributed by atoms with van der Waals surface area (Å²) in [7, 11) is 0. The van der Waals surface area contributed by atoms with Gasteiger partial charge in [-0.05, 0) is 12.2 Å². The topological polar surface area (TPSA) is 29.5 Å².